The summed E-state index contributed by atoms with van der Waals surface area (Å²) in [5, 5.41) is 6.60. The standard InChI is InChI=1S/C10H11N3O2/c1-11-10-12-9(13-15-10)7-3-5-8(14-2)6-4-7/h3-6H,1-2H3,(H,11,12,13). The lowest BCUT2D eigenvalue weighted by atomic mass is 10.2. The van der Waals surface area contributed by atoms with E-state index in [0.717, 1.165) is 11.3 Å². The van der Waals surface area contributed by atoms with Crippen molar-refractivity contribution in [2.24, 2.45) is 0 Å². The number of nitrogens with zero attached hydrogens (tertiary/aromatic N) is 2. The third-order valence-electron chi connectivity index (χ3n) is 1.99. The number of rotatable bonds is 3. The van der Waals surface area contributed by atoms with Crippen molar-refractivity contribution in [2.45, 2.75) is 0 Å². The van der Waals surface area contributed by atoms with Gasteiger partial charge in [-0.1, -0.05) is 5.16 Å². The van der Waals surface area contributed by atoms with Gasteiger partial charge in [0.1, 0.15) is 5.75 Å². The first-order valence-corrected chi connectivity index (χ1v) is 4.49. The van der Waals surface area contributed by atoms with Crippen LogP contribution in [0.4, 0.5) is 6.01 Å². The number of hydrogen-bond acceptors (Lipinski definition) is 5. The Morgan fingerprint density at radius 1 is 1.27 bits per heavy atom. The van der Waals surface area contributed by atoms with Crippen molar-refractivity contribution in [2.75, 3.05) is 19.5 Å². The minimum atomic E-state index is 0.404. The molecular formula is C10H11N3O2. The first-order chi connectivity index (χ1) is 7.33. The van der Waals surface area contributed by atoms with Gasteiger partial charge < -0.3 is 14.6 Å². The van der Waals surface area contributed by atoms with Crippen LogP contribution in [0.5, 0.6) is 5.75 Å². The number of methoxy groups -OCH3 is 1. The van der Waals surface area contributed by atoms with Crippen LogP contribution in [0, 0.1) is 0 Å². The molecule has 0 amide bonds. The van der Waals surface area contributed by atoms with Gasteiger partial charge in [0.05, 0.1) is 7.11 Å². The molecule has 0 radical (unpaired) electrons. The molecule has 2 rings (SSSR count). The lowest BCUT2D eigenvalue weighted by Gasteiger charge is -1.98. The van der Waals surface area contributed by atoms with Gasteiger partial charge in [0.15, 0.2) is 0 Å². The van der Waals surface area contributed by atoms with E-state index in [0.29, 0.717) is 11.8 Å². The quantitative estimate of drug-likeness (QED) is 0.827. The molecule has 78 valence electrons. The second-order valence-corrected chi connectivity index (χ2v) is 2.90. The van der Waals surface area contributed by atoms with Crippen LogP contribution in [0.25, 0.3) is 11.4 Å². The molecule has 1 heterocycles. The molecule has 1 N–H and O–H groups in total. The smallest absolute Gasteiger partial charge is 0.321 e. The lowest BCUT2D eigenvalue weighted by Crippen LogP contribution is -1.87. The number of anilines is 1. The predicted molar refractivity (Wildman–Crippen MR) is 55.8 cm³/mol. The normalized spacial score (nSPS) is 10.0. The topological polar surface area (TPSA) is 60.2 Å². The summed E-state index contributed by atoms with van der Waals surface area (Å²) in [5.74, 6) is 1.36. The Labute approximate surface area is 87.1 Å². The summed E-state index contributed by atoms with van der Waals surface area (Å²) in [6.45, 7) is 0. The van der Waals surface area contributed by atoms with E-state index in [-0.39, 0.29) is 0 Å². The zero-order valence-electron chi connectivity index (χ0n) is 8.52. The number of hydrogen-bond donors (Lipinski definition) is 1. The van der Waals surface area contributed by atoms with Crippen molar-refractivity contribution >= 4 is 6.01 Å². The van der Waals surface area contributed by atoms with Crippen LogP contribution in [-0.2, 0) is 0 Å². The van der Waals surface area contributed by atoms with Gasteiger partial charge in [-0.05, 0) is 24.3 Å². The van der Waals surface area contributed by atoms with E-state index in [9.17, 15) is 0 Å². The first kappa shape index (κ1) is 9.51. The Morgan fingerprint density at radius 2 is 2.00 bits per heavy atom. The SMILES string of the molecule is CNc1nc(-c2ccc(OC)cc2)no1. The largest absolute Gasteiger partial charge is 0.497 e. The van der Waals surface area contributed by atoms with Gasteiger partial charge in [-0.25, -0.2) is 0 Å². The van der Waals surface area contributed by atoms with Crippen molar-refractivity contribution in [3.05, 3.63) is 24.3 Å². The molecule has 0 bridgehead atoms. The summed E-state index contributed by atoms with van der Waals surface area (Å²) in [6.07, 6.45) is 0. The number of nitrogens with one attached hydrogen (secondary N) is 1. The Hall–Kier alpha value is -2.04. The van der Waals surface area contributed by atoms with Crippen LogP contribution in [0.1, 0.15) is 0 Å². The van der Waals surface area contributed by atoms with Crippen molar-refractivity contribution in [1.82, 2.24) is 10.1 Å². The maximum absolute atomic E-state index is 5.05. The molecule has 0 fully saturated rings. The predicted octanol–water partition coefficient (Wildman–Crippen LogP) is 1.79. The van der Waals surface area contributed by atoms with Gasteiger partial charge in [0.2, 0.25) is 5.82 Å². The average molecular weight is 205 g/mol. The van der Waals surface area contributed by atoms with E-state index >= 15 is 0 Å². The number of ether oxygens (including phenoxy) is 1. The average Bonchev–Trinajstić information content (AvgIpc) is 2.78. The highest BCUT2D eigenvalue weighted by Crippen LogP contribution is 2.20. The molecule has 1 aromatic carbocycles. The van der Waals surface area contributed by atoms with Crippen LogP contribution >= 0.6 is 0 Å². The zero-order chi connectivity index (χ0) is 10.7. The molecule has 2 aromatic rings. The van der Waals surface area contributed by atoms with Gasteiger partial charge >= 0.3 is 6.01 Å². The van der Waals surface area contributed by atoms with Crippen molar-refractivity contribution in [3.8, 4) is 17.1 Å². The highest BCUT2D eigenvalue weighted by Gasteiger charge is 2.06. The number of aromatic nitrogens is 2. The van der Waals surface area contributed by atoms with Crippen LogP contribution in [0.2, 0.25) is 0 Å². The molecule has 0 unspecified atom stereocenters. The van der Waals surface area contributed by atoms with Crippen LogP contribution in [0.15, 0.2) is 28.8 Å². The molecule has 0 aliphatic carbocycles. The molecule has 0 aliphatic heterocycles. The molecular weight excluding hydrogens is 194 g/mol. The first-order valence-electron chi connectivity index (χ1n) is 4.49. The fraction of sp³-hybridized carbons (Fsp3) is 0.200. The second-order valence-electron chi connectivity index (χ2n) is 2.90. The Kier molecular flexibility index (Phi) is 2.53. The Bertz CT molecular complexity index is 436. The second kappa shape index (κ2) is 4.00. The van der Waals surface area contributed by atoms with E-state index in [1.807, 2.05) is 24.3 Å². The third-order valence-corrected chi connectivity index (χ3v) is 1.99. The minimum absolute atomic E-state index is 0.404. The molecule has 0 saturated carbocycles. The van der Waals surface area contributed by atoms with Gasteiger partial charge in [0.25, 0.3) is 0 Å². The Balaban J connectivity index is 2.28. The summed E-state index contributed by atoms with van der Waals surface area (Å²) in [4.78, 5) is 4.12. The molecule has 5 heteroatoms. The van der Waals surface area contributed by atoms with E-state index in [2.05, 4.69) is 15.5 Å². The monoisotopic (exact) mass is 205 g/mol. The van der Waals surface area contributed by atoms with Gasteiger partial charge in [-0.2, -0.15) is 4.98 Å². The summed E-state index contributed by atoms with van der Waals surface area (Å²) in [5.41, 5.74) is 0.890. The molecule has 0 atom stereocenters. The fourth-order valence-electron chi connectivity index (χ4n) is 1.18. The molecule has 5 nitrogen and oxygen atoms in total. The van der Waals surface area contributed by atoms with Crippen molar-refractivity contribution < 1.29 is 9.26 Å². The molecule has 1 aromatic heterocycles. The van der Waals surface area contributed by atoms with Crippen LogP contribution in [0.3, 0.4) is 0 Å². The molecule has 15 heavy (non-hydrogen) atoms. The van der Waals surface area contributed by atoms with E-state index in [1.165, 1.54) is 0 Å². The third kappa shape index (κ3) is 1.90. The highest BCUT2D eigenvalue weighted by atomic mass is 16.5. The summed E-state index contributed by atoms with van der Waals surface area (Å²) >= 11 is 0. The van der Waals surface area contributed by atoms with Gasteiger partial charge in [0, 0.05) is 12.6 Å². The number of benzene rings is 1. The molecule has 0 spiro atoms. The summed E-state index contributed by atoms with van der Waals surface area (Å²) in [6, 6.07) is 7.86. The molecule has 0 saturated heterocycles. The van der Waals surface area contributed by atoms with Crippen molar-refractivity contribution in [1.29, 1.82) is 0 Å². The minimum Gasteiger partial charge on any atom is -0.497 e. The molecule has 0 aliphatic rings. The maximum atomic E-state index is 5.05. The zero-order valence-corrected chi connectivity index (χ0v) is 8.52. The van der Waals surface area contributed by atoms with Crippen LogP contribution < -0.4 is 10.1 Å². The van der Waals surface area contributed by atoms with Crippen molar-refractivity contribution in [3.63, 3.8) is 0 Å². The lowest BCUT2D eigenvalue weighted by molar-refractivity contribution is 0.415. The maximum Gasteiger partial charge on any atom is 0.321 e. The summed E-state index contributed by atoms with van der Waals surface area (Å²) < 4.78 is 9.98. The Morgan fingerprint density at radius 3 is 2.53 bits per heavy atom. The highest BCUT2D eigenvalue weighted by molar-refractivity contribution is 5.56. The fourth-order valence-corrected chi connectivity index (χ4v) is 1.18. The van der Waals surface area contributed by atoms with Crippen LogP contribution in [-0.4, -0.2) is 24.3 Å². The van der Waals surface area contributed by atoms with E-state index < -0.39 is 0 Å². The van der Waals surface area contributed by atoms with Gasteiger partial charge in [-0.3, -0.25) is 0 Å². The van der Waals surface area contributed by atoms with E-state index in [1.54, 1.807) is 14.2 Å². The van der Waals surface area contributed by atoms with Gasteiger partial charge in [-0.15, -0.1) is 0 Å². The van der Waals surface area contributed by atoms with E-state index in [4.69, 9.17) is 9.26 Å². The summed E-state index contributed by atoms with van der Waals surface area (Å²) in [7, 11) is 3.35.